The van der Waals surface area contributed by atoms with Crippen LogP contribution in [-0.4, -0.2) is 16.7 Å². The predicted molar refractivity (Wildman–Crippen MR) is 70.2 cm³/mol. The van der Waals surface area contributed by atoms with E-state index in [-0.39, 0.29) is 0 Å². The number of nitrogens with zero attached hydrogens (tertiary/aromatic N) is 2. The highest BCUT2D eigenvalue weighted by atomic mass is 15.2. The SMILES string of the molecule is CNc1cnn2cc(-c3ccccc3)ccc12. The first-order valence-corrected chi connectivity index (χ1v) is 5.59. The topological polar surface area (TPSA) is 29.3 Å². The van der Waals surface area contributed by atoms with E-state index in [1.165, 1.54) is 11.1 Å². The zero-order chi connectivity index (χ0) is 11.7. The van der Waals surface area contributed by atoms with E-state index in [1.54, 1.807) is 0 Å². The van der Waals surface area contributed by atoms with E-state index < -0.39 is 0 Å². The molecule has 0 aliphatic heterocycles. The van der Waals surface area contributed by atoms with Crippen LogP contribution in [0.1, 0.15) is 0 Å². The molecule has 0 unspecified atom stereocenters. The molecule has 3 rings (SSSR count). The van der Waals surface area contributed by atoms with E-state index in [1.807, 2.05) is 42.2 Å². The Balaban J connectivity index is 2.15. The number of aromatic nitrogens is 2. The van der Waals surface area contributed by atoms with Gasteiger partial charge in [-0.1, -0.05) is 36.4 Å². The number of pyridine rings is 1. The van der Waals surface area contributed by atoms with Crippen molar-refractivity contribution in [3.8, 4) is 11.1 Å². The Morgan fingerprint density at radius 1 is 1.00 bits per heavy atom. The molecule has 3 nitrogen and oxygen atoms in total. The first-order valence-electron chi connectivity index (χ1n) is 5.59. The van der Waals surface area contributed by atoms with Crippen molar-refractivity contribution < 1.29 is 0 Å². The number of rotatable bonds is 2. The largest absolute Gasteiger partial charge is 0.385 e. The molecule has 3 heteroatoms. The minimum absolute atomic E-state index is 1.05. The average Bonchev–Trinajstić information content (AvgIpc) is 2.81. The summed E-state index contributed by atoms with van der Waals surface area (Å²) in [5.74, 6) is 0. The van der Waals surface area contributed by atoms with Crippen molar-refractivity contribution >= 4 is 11.2 Å². The lowest BCUT2D eigenvalue weighted by atomic mass is 10.1. The second-order valence-corrected chi connectivity index (χ2v) is 3.92. The van der Waals surface area contributed by atoms with Gasteiger partial charge in [-0.05, 0) is 11.6 Å². The maximum Gasteiger partial charge on any atom is 0.0893 e. The Morgan fingerprint density at radius 2 is 1.82 bits per heavy atom. The van der Waals surface area contributed by atoms with Gasteiger partial charge < -0.3 is 5.32 Å². The van der Waals surface area contributed by atoms with Crippen molar-refractivity contribution in [3.05, 3.63) is 54.9 Å². The van der Waals surface area contributed by atoms with Gasteiger partial charge in [0.15, 0.2) is 0 Å². The molecule has 0 aliphatic carbocycles. The lowest BCUT2D eigenvalue weighted by Crippen LogP contribution is -1.90. The van der Waals surface area contributed by atoms with Gasteiger partial charge in [0.2, 0.25) is 0 Å². The van der Waals surface area contributed by atoms with Gasteiger partial charge in [0.1, 0.15) is 0 Å². The van der Waals surface area contributed by atoms with Crippen molar-refractivity contribution in [2.75, 3.05) is 12.4 Å². The molecule has 0 spiro atoms. The summed E-state index contributed by atoms with van der Waals surface area (Å²) in [4.78, 5) is 0. The molecule has 0 fully saturated rings. The highest BCUT2D eigenvalue weighted by Gasteiger charge is 2.03. The Labute approximate surface area is 99.7 Å². The van der Waals surface area contributed by atoms with Crippen molar-refractivity contribution in [2.45, 2.75) is 0 Å². The maximum absolute atomic E-state index is 4.33. The van der Waals surface area contributed by atoms with E-state index in [4.69, 9.17) is 0 Å². The number of hydrogen-bond donors (Lipinski definition) is 1. The van der Waals surface area contributed by atoms with Crippen LogP contribution < -0.4 is 5.32 Å². The van der Waals surface area contributed by atoms with Crippen molar-refractivity contribution in [1.82, 2.24) is 9.61 Å². The fourth-order valence-electron chi connectivity index (χ4n) is 1.98. The molecule has 0 amide bonds. The molecule has 0 aliphatic rings. The van der Waals surface area contributed by atoms with Gasteiger partial charge in [-0.25, -0.2) is 4.52 Å². The first kappa shape index (κ1) is 9.90. The van der Waals surface area contributed by atoms with Crippen molar-refractivity contribution in [3.63, 3.8) is 0 Å². The first-order chi connectivity index (χ1) is 8.38. The molecule has 0 radical (unpaired) electrons. The van der Waals surface area contributed by atoms with E-state index in [2.05, 4.69) is 34.7 Å². The summed E-state index contributed by atoms with van der Waals surface area (Å²) < 4.78 is 1.90. The zero-order valence-electron chi connectivity index (χ0n) is 9.59. The van der Waals surface area contributed by atoms with Crippen LogP contribution in [-0.2, 0) is 0 Å². The lowest BCUT2D eigenvalue weighted by Gasteiger charge is -2.03. The molecule has 17 heavy (non-hydrogen) atoms. The van der Waals surface area contributed by atoms with Crippen LogP contribution in [0.15, 0.2) is 54.9 Å². The molecule has 84 valence electrons. The average molecular weight is 223 g/mol. The minimum atomic E-state index is 1.05. The van der Waals surface area contributed by atoms with Gasteiger partial charge >= 0.3 is 0 Å². The molecule has 2 heterocycles. The maximum atomic E-state index is 4.33. The third-order valence-electron chi connectivity index (χ3n) is 2.89. The molecular formula is C14H13N3. The van der Waals surface area contributed by atoms with Crippen LogP contribution in [0.2, 0.25) is 0 Å². The van der Waals surface area contributed by atoms with Gasteiger partial charge in [-0.15, -0.1) is 0 Å². The number of fused-ring (bicyclic) bond motifs is 1. The molecular weight excluding hydrogens is 210 g/mol. The lowest BCUT2D eigenvalue weighted by molar-refractivity contribution is 0.963. The summed E-state index contributed by atoms with van der Waals surface area (Å²) in [5, 5.41) is 7.46. The molecule has 1 N–H and O–H groups in total. The van der Waals surface area contributed by atoms with Gasteiger partial charge in [-0.2, -0.15) is 5.10 Å². The smallest absolute Gasteiger partial charge is 0.0893 e. The van der Waals surface area contributed by atoms with Crippen molar-refractivity contribution in [2.24, 2.45) is 0 Å². The Morgan fingerprint density at radius 3 is 2.59 bits per heavy atom. The molecule has 2 aromatic heterocycles. The second-order valence-electron chi connectivity index (χ2n) is 3.92. The van der Waals surface area contributed by atoms with Crippen LogP contribution in [0.4, 0.5) is 5.69 Å². The monoisotopic (exact) mass is 223 g/mol. The van der Waals surface area contributed by atoms with Gasteiger partial charge in [0, 0.05) is 18.8 Å². The van der Waals surface area contributed by atoms with Gasteiger partial charge in [0.05, 0.1) is 17.4 Å². The summed E-state index contributed by atoms with van der Waals surface area (Å²) in [6, 6.07) is 14.5. The summed E-state index contributed by atoms with van der Waals surface area (Å²) in [5.41, 5.74) is 4.51. The Hall–Kier alpha value is -2.29. The van der Waals surface area contributed by atoms with Gasteiger partial charge in [-0.3, -0.25) is 0 Å². The van der Waals surface area contributed by atoms with Crippen molar-refractivity contribution in [1.29, 1.82) is 0 Å². The van der Waals surface area contributed by atoms with Crippen LogP contribution in [0.5, 0.6) is 0 Å². The highest BCUT2D eigenvalue weighted by molar-refractivity contribution is 5.74. The summed E-state index contributed by atoms with van der Waals surface area (Å²) >= 11 is 0. The Kier molecular flexibility index (Phi) is 2.29. The van der Waals surface area contributed by atoms with Crippen LogP contribution >= 0.6 is 0 Å². The second kappa shape index (κ2) is 3.94. The molecule has 0 saturated carbocycles. The van der Waals surface area contributed by atoms with E-state index in [0.29, 0.717) is 0 Å². The summed E-state index contributed by atoms with van der Waals surface area (Å²) in [6.07, 6.45) is 3.88. The van der Waals surface area contributed by atoms with E-state index >= 15 is 0 Å². The molecule has 3 aromatic rings. The number of anilines is 1. The third kappa shape index (κ3) is 1.65. The number of nitrogens with one attached hydrogen (secondary N) is 1. The zero-order valence-corrected chi connectivity index (χ0v) is 9.59. The standard InChI is InChI=1S/C14H13N3/c1-15-13-9-16-17-10-12(7-8-14(13)17)11-5-3-2-4-6-11/h2-10,15H,1H3. The number of benzene rings is 1. The van der Waals surface area contributed by atoms with E-state index in [9.17, 15) is 0 Å². The fraction of sp³-hybridized carbons (Fsp3) is 0.0714. The highest BCUT2D eigenvalue weighted by Crippen LogP contribution is 2.22. The van der Waals surface area contributed by atoms with Crippen LogP contribution in [0.25, 0.3) is 16.6 Å². The third-order valence-corrected chi connectivity index (χ3v) is 2.89. The summed E-state index contributed by atoms with van der Waals surface area (Å²) in [7, 11) is 1.90. The molecule has 1 aromatic carbocycles. The summed E-state index contributed by atoms with van der Waals surface area (Å²) in [6.45, 7) is 0. The quantitative estimate of drug-likeness (QED) is 0.723. The number of hydrogen-bond acceptors (Lipinski definition) is 2. The Bertz CT molecular complexity index is 641. The van der Waals surface area contributed by atoms with Gasteiger partial charge in [0.25, 0.3) is 0 Å². The normalized spacial score (nSPS) is 10.6. The van der Waals surface area contributed by atoms with E-state index in [0.717, 1.165) is 11.2 Å². The van der Waals surface area contributed by atoms with Crippen LogP contribution in [0.3, 0.4) is 0 Å². The molecule has 0 bridgehead atoms. The minimum Gasteiger partial charge on any atom is -0.385 e. The molecule has 0 atom stereocenters. The predicted octanol–water partition coefficient (Wildman–Crippen LogP) is 3.04. The van der Waals surface area contributed by atoms with Crippen LogP contribution in [0, 0.1) is 0 Å². The fourth-order valence-corrected chi connectivity index (χ4v) is 1.98. The molecule has 0 saturated heterocycles.